The summed E-state index contributed by atoms with van der Waals surface area (Å²) in [7, 11) is 0. The van der Waals surface area contributed by atoms with E-state index in [1.54, 1.807) is 4.90 Å². The maximum absolute atomic E-state index is 12.3. The summed E-state index contributed by atoms with van der Waals surface area (Å²) in [6, 6.07) is -0.0834. The average Bonchev–Trinajstić information content (AvgIpc) is 2.58. The number of hydrogen-bond donors (Lipinski definition) is 1. The van der Waals surface area contributed by atoms with Crippen LogP contribution in [0.5, 0.6) is 0 Å². The first-order valence-electron chi connectivity index (χ1n) is 8.70. The SMILES string of the molecule is C=C(Br)CNC(=O)N1CCN(C(=O)CCC2CCCCC2)CC1. The number of carbonyl (C=O) groups is 2. The Kier molecular flexibility index (Phi) is 7.40. The Hall–Kier alpha value is -1.04. The van der Waals surface area contributed by atoms with Gasteiger partial charge in [0, 0.05) is 37.1 Å². The molecule has 3 amide bonds. The summed E-state index contributed by atoms with van der Waals surface area (Å²) >= 11 is 3.22. The number of rotatable bonds is 5. The smallest absolute Gasteiger partial charge is 0.317 e. The third kappa shape index (κ3) is 6.16. The quantitative estimate of drug-likeness (QED) is 0.790. The fraction of sp³-hybridized carbons (Fsp3) is 0.765. The van der Waals surface area contributed by atoms with E-state index in [9.17, 15) is 9.59 Å². The third-order valence-corrected chi connectivity index (χ3v) is 5.12. The van der Waals surface area contributed by atoms with Crippen molar-refractivity contribution < 1.29 is 9.59 Å². The van der Waals surface area contributed by atoms with Crippen LogP contribution in [-0.4, -0.2) is 54.5 Å². The highest BCUT2D eigenvalue weighted by molar-refractivity contribution is 9.11. The van der Waals surface area contributed by atoms with E-state index in [1.807, 2.05) is 4.90 Å². The lowest BCUT2D eigenvalue weighted by Gasteiger charge is -2.35. The molecule has 0 aromatic rings. The first-order valence-corrected chi connectivity index (χ1v) is 9.49. The van der Waals surface area contributed by atoms with E-state index in [2.05, 4.69) is 27.8 Å². The molecule has 6 heteroatoms. The number of piperazine rings is 1. The van der Waals surface area contributed by atoms with Gasteiger partial charge >= 0.3 is 6.03 Å². The lowest BCUT2D eigenvalue weighted by molar-refractivity contribution is -0.133. The van der Waals surface area contributed by atoms with E-state index in [1.165, 1.54) is 32.1 Å². The summed E-state index contributed by atoms with van der Waals surface area (Å²) in [6.45, 7) is 6.63. The summed E-state index contributed by atoms with van der Waals surface area (Å²) in [5.41, 5.74) is 0. The lowest BCUT2D eigenvalue weighted by Crippen LogP contribution is -2.53. The first kappa shape index (κ1) is 18.3. The van der Waals surface area contributed by atoms with E-state index in [-0.39, 0.29) is 11.9 Å². The zero-order valence-electron chi connectivity index (χ0n) is 13.9. The van der Waals surface area contributed by atoms with Gasteiger partial charge in [-0.1, -0.05) is 54.6 Å². The monoisotopic (exact) mass is 385 g/mol. The molecule has 1 saturated carbocycles. The molecule has 0 unspecified atom stereocenters. The largest absolute Gasteiger partial charge is 0.339 e. The van der Waals surface area contributed by atoms with Crippen LogP contribution in [0.4, 0.5) is 4.79 Å². The van der Waals surface area contributed by atoms with E-state index >= 15 is 0 Å². The van der Waals surface area contributed by atoms with Crippen LogP contribution in [0.1, 0.15) is 44.9 Å². The Labute approximate surface area is 147 Å². The molecule has 0 aromatic heterocycles. The third-order valence-electron chi connectivity index (χ3n) is 4.84. The van der Waals surface area contributed by atoms with Gasteiger partial charge < -0.3 is 15.1 Å². The molecule has 0 aromatic carbocycles. The van der Waals surface area contributed by atoms with E-state index < -0.39 is 0 Å². The Bertz CT molecular complexity index is 428. The second-order valence-corrected chi connectivity index (χ2v) is 7.71. The van der Waals surface area contributed by atoms with Crippen LogP contribution in [-0.2, 0) is 4.79 Å². The summed E-state index contributed by atoms with van der Waals surface area (Å²) in [5, 5.41) is 2.80. The van der Waals surface area contributed by atoms with Crippen LogP contribution in [0.15, 0.2) is 11.1 Å². The van der Waals surface area contributed by atoms with Crippen LogP contribution in [0.25, 0.3) is 0 Å². The van der Waals surface area contributed by atoms with Crippen LogP contribution in [0.2, 0.25) is 0 Å². The van der Waals surface area contributed by atoms with Gasteiger partial charge in [-0.2, -0.15) is 0 Å². The molecular weight excluding hydrogens is 358 g/mol. The van der Waals surface area contributed by atoms with Crippen molar-refractivity contribution in [3.8, 4) is 0 Å². The molecule has 0 spiro atoms. The van der Waals surface area contributed by atoms with Gasteiger partial charge in [-0.15, -0.1) is 0 Å². The predicted octanol–water partition coefficient (Wildman–Crippen LogP) is 3.11. The van der Waals surface area contributed by atoms with Gasteiger partial charge in [0.15, 0.2) is 0 Å². The van der Waals surface area contributed by atoms with Gasteiger partial charge in [-0.05, 0) is 12.3 Å². The fourth-order valence-electron chi connectivity index (χ4n) is 3.40. The molecule has 2 aliphatic rings. The Morgan fingerprint density at radius 2 is 1.65 bits per heavy atom. The topological polar surface area (TPSA) is 52.7 Å². The number of nitrogens with zero attached hydrogens (tertiary/aromatic N) is 2. The Balaban J connectivity index is 1.65. The highest BCUT2D eigenvalue weighted by Crippen LogP contribution is 2.27. The number of nitrogens with one attached hydrogen (secondary N) is 1. The lowest BCUT2D eigenvalue weighted by atomic mass is 9.86. The predicted molar refractivity (Wildman–Crippen MR) is 95.4 cm³/mol. The maximum Gasteiger partial charge on any atom is 0.317 e. The van der Waals surface area contributed by atoms with Gasteiger partial charge in [-0.25, -0.2) is 4.79 Å². The van der Waals surface area contributed by atoms with Crippen LogP contribution in [0.3, 0.4) is 0 Å². The van der Waals surface area contributed by atoms with Crippen LogP contribution < -0.4 is 5.32 Å². The highest BCUT2D eigenvalue weighted by atomic mass is 79.9. The molecule has 130 valence electrons. The zero-order valence-corrected chi connectivity index (χ0v) is 15.4. The Morgan fingerprint density at radius 3 is 2.26 bits per heavy atom. The molecule has 23 heavy (non-hydrogen) atoms. The van der Waals surface area contributed by atoms with Crippen molar-refractivity contribution in [1.82, 2.24) is 15.1 Å². The van der Waals surface area contributed by atoms with Gasteiger partial charge in [0.2, 0.25) is 5.91 Å². The van der Waals surface area contributed by atoms with Crippen molar-refractivity contribution in [3.63, 3.8) is 0 Å². The summed E-state index contributed by atoms with van der Waals surface area (Å²) < 4.78 is 0.752. The standard InChI is InChI=1S/C17H28BrN3O2/c1-14(18)13-19-17(23)21-11-9-20(10-12-21)16(22)8-7-15-5-3-2-4-6-15/h15H,1-13H2,(H,19,23). The van der Waals surface area contributed by atoms with E-state index in [0.29, 0.717) is 39.1 Å². The van der Waals surface area contributed by atoms with Crippen molar-refractivity contribution in [3.05, 3.63) is 11.1 Å². The molecule has 1 N–H and O–H groups in total. The van der Waals surface area contributed by atoms with Gasteiger partial charge in [0.25, 0.3) is 0 Å². The number of carbonyl (C=O) groups excluding carboxylic acids is 2. The van der Waals surface area contributed by atoms with Gasteiger partial charge in [0.1, 0.15) is 0 Å². The van der Waals surface area contributed by atoms with Crippen molar-refractivity contribution in [2.45, 2.75) is 44.9 Å². The van der Waals surface area contributed by atoms with E-state index in [4.69, 9.17) is 0 Å². The molecule has 0 bridgehead atoms. The maximum atomic E-state index is 12.3. The number of halogens is 1. The van der Waals surface area contributed by atoms with Crippen molar-refractivity contribution in [2.75, 3.05) is 32.7 Å². The minimum atomic E-state index is -0.0834. The number of amides is 3. The van der Waals surface area contributed by atoms with Crippen LogP contribution in [0, 0.1) is 5.92 Å². The van der Waals surface area contributed by atoms with Crippen molar-refractivity contribution in [2.24, 2.45) is 5.92 Å². The second kappa shape index (κ2) is 9.30. The molecule has 1 aliphatic heterocycles. The minimum absolute atomic E-state index is 0.0834. The molecule has 0 radical (unpaired) electrons. The summed E-state index contributed by atoms with van der Waals surface area (Å²) in [4.78, 5) is 28.0. The number of urea groups is 1. The minimum Gasteiger partial charge on any atom is -0.339 e. The highest BCUT2D eigenvalue weighted by Gasteiger charge is 2.24. The second-order valence-electron chi connectivity index (χ2n) is 6.59. The van der Waals surface area contributed by atoms with E-state index in [0.717, 1.165) is 16.8 Å². The van der Waals surface area contributed by atoms with Gasteiger partial charge in [0.05, 0.1) is 6.54 Å². The molecule has 5 nitrogen and oxygen atoms in total. The first-order chi connectivity index (χ1) is 11.1. The average molecular weight is 386 g/mol. The zero-order chi connectivity index (χ0) is 16.7. The molecular formula is C17H28BrN3O2. The summed E-state index contributed by atoms with van der Waals surface area (Å²) in [5.74, 6) is 1.00. The molecule has 2 rings (SSSR count). The number of hydrogen-bond acceptors (Lipinski definition) is 2. The molecule has 1 saturated heterocycles. The molecule has 1 aliphatic carbocycles. The van der Waals surface area contributed by atoms with Crippen molar-refractivity contribution >= 4 is 27.9 Å². The van der Waals surface area contributed by atoms with Crippen LogP contribution >= 0.6 is 15.9 Å². The van der Waals surface area contributed by atoms with Gasteiger partial charge in [-0.3, -0.25) is 4.79 Å². The van der Waals surface area contributed by atoms with Crippen molar-refractivity contribution in [1.29, 1.82) is 0 Å². The fourth-order valence-corrected chi connectivity index (χ4v) is 3.54. The molecule has 0 atom stereocenters. The Morgan fingerprint density at radius 1 is 1.04 bits per heavy atom. The molecule has 2 fully saturated rings. The summed E-state index contributed by atoms with van der Waals surface area (Å²) in [6.07, 6.45) is 8.30. The normalized spacial score (nSPS) is 19.5. The molecule has 1 heterocycles.